The summed E-state index contributed by atoms with van der Waals surface area (Å²) in [5.74, 6) is 0.904. The molecule has 1 aliphatic heterocycles. The van der Waals surface area contributed by atoms with E-state index in [0.29, 0.717) is 6.04 Å². The average Bonchev–Trinajstić information content (AvgIpc) is 2.43. The largest absolute Gasteiger partial charge is 0.370 e. The number of likely N-dealkylation sites (tertiary alicyclic amines) is 1. The van der Waals surface area contributed by atoms with Gasteiger partial charge in [-0.15, -0.1) is 0 Å². The summed E-state index contributed by atoms with van der Waals surface area (Å²) in [5, 5.41) is 3.99. The number of aromatic nitrogens is 1. The number of hydrogen-bond acceptors (Lipinski definition) is 4. The molecule has 1 aromatic rings. The Hall–Kier alpha value is -0.840. The number of nitrogens with zero attached hydrogens (tertiary/aromatic N) is 3. The Morgan fingerprint density at radius 1 is 1.50 bits per heavy atom. The lowest BCUT2D eigenvalue weighted by atomic mass is 10.0. The van der Waals surface area contributed by atoms with E-state index in [-0.39, 0.29) is 0 Å². The molecular formula is C15H25ClN4. The number of anilines is 1. The van der Waals surface area contributed by atoms with E-state index in [1.54, 1.807) is 0 Å². The van der Waals surface area contributed by atoms with Crippen LogP contribution < -0.4 is 5.32 Å². The second-order valence-corrected chi connectivity index (χ2v) is 6.04. The minimum absolute atomic E-state index is 0.592. The first-order chi connectivity index (χ1) is 9.60. The first-order valence-electron chi connectivity index (χ1n) is 7.38. The van der Waals surface area contributed by atoms with Gasteiger partial charge in [-0.3, -0.25) is 4.90 Å². The topological polar surface area (TPSA) is 31.4 Å². The maximum atomic E-state index is 6.28. The van der Waals surface area contributed by atoms with Gasteiger partial charge in [-0.05, 0) is 52.5 Å². The molecule has 0 spiro atoms. The Balaban J connectivity index is 2.02. The number of rotatable bonds is 5. The minimum atomic E-state index is 0.592. The predicted molar refractivity (Wildman–Crippen MR) is 85.4 cm³/mol. The molecule has 1 aromatic heterocycles. The van der Waals surface area contributed by atoms with Crippen molar-refractivity contribution < 1.29 is 0 Å². The van der Waals surface area contributed by atoms with Gasteiger partial charge in [0.15, 0.2) is 0 Å². The molecule has 1 unspecified atom stereocenters. The molecule has 1 saturated heterocycles. The summed E-state index contributed by atoms with van der Waals surface area (Å²) in [6, 6.07) is 4.46. The van der Waals surface area contributed by atoms with Gasteiger partial charge in [-0.25, -0.2) is 4.98 Å². The fraction of sp³-hybridized carbons (Fsp3) is 0.667. The van der Waals surface area contributed by atoms with Gasteiger partial charge < -0.3 is 10.2 Å². The molecule has 1 fully saturated rings. The number of pyridine rings is 1. The zero-order chi connectivity index (χ0) is 14.5. The van der Waals surface area contributed by atoms with Crippen molar-refractivity contribution in [2.45, 2.75) is 32.4 Å². The highest BCUT2D eigenvalue weighted by molar-refractivity contribution is 6.31. The van der Waals surface area contributed by atoms with Crippen molar-refractivity contribution in [1.82, 2.24) is 14.8 Å². The third-order valence-electron chi connectivity index (χ3n) is 3.90. The average molecular weight is 297 g/mol. The molecule has 2 rings (SSSR count). The Morgan fingerprint density at radius 2 is 2.30 bits per heavy atom. The van der Waals surface area contributed by atoms with Crippen molar-refractivity contribution in [2.24, 2.45) is 0 Å². The molecule has 5 heteroatoms. The molecule has 112 valence electrons. The normalized spacial score (nSPS) is 20.4. The van der Waals surface area contributed by atoms with E-state index in [0.717, 1.165) is 36.2 Å². The first-order valence-corrected chi connectivity index (χ1v) is 7.76. The van der Waals surface area contributed by atoms with E-state index in [2.05, 4.69) is 41.1 Å². The molecular weight excluding hydrogens is 272 g/mol. The Morgan fingerprint density at radius 3 is 3.00 bits per heavy atom. The number of likely N-dealkylation sites (N-methyl/N-ethyl adjacent to an activating group) is 2. The zero-order valence-electron chi connectivity index (χ0n) is 12.7. The van der Waals surface area contributed by atoms with E-state index in [1.807, 2.05) is 12.1 Å². The van der Waals surface area contributed by atoms with Crippen LogP contribution in [0.25, 0.3) is 0 Å². The molecule has 0 aromatic carbocycles. The van der Waals surface area contributed by atoms with Crippen molar-refractivity contribution in [3.63, 3.8) is 0 Å². The number of halogens is 1. The van der Waals surface area contributed by atoms with Crippen molar-refractivity contribution >= 4 is 17.4 Å². The molecule has 1 atom stereocenters. The van der Waals surface area contributed by atoms with Crippen LogP contribution in [0.4, 0.5) is 5.82 Å². The lowest BCUT2D eigenvalue weighted by Gasteiger charge is -2.35. The van der Waals surface area contributed by atoms with Crippen molar-refractivity contribution in [3.8, 4) is 0 Å². The Kier molecular flexibility index (Phi) is 5.64. The van der Waals surface area contributed by atoms with Crippen LogP contribution in [0.1, 0.15) is 25.5 Å². The molecule has 0 radical (unpaired) electrons. The molecule has 0 saturated carbocycles. The molecule has 0 bridgehead atoms. The number of hydrogen-bond donors (Lipinski definition) is 1. The van der Waals surface area contributed by atoms with E-state index in [4.69, 9.17) is 11.6 Å². The smallest absolute Gasteiger partial charge is 0.126 e. The van der Waals surface area contributed by atoms with Crippen LogP contribution in [-0.4, -0.2) is 54.6 Å². The van der Waals surface area contributed by atoms with Gasteiger partial charge in [-0.1, -0.05) is 11.6 Å². The standard InChI is InChI=1S/C15H25ClN4/c1-4-17-15-8-7-13(16)14(18-15)11-20(3)12-6-5-9-19(2)10-12/h7-8,12H,4-6,9-11H2,1-3H3,(H,17,18). The molecule has 0 amide bonds. The predicted octanol–water partition coefficient (Wildman–Crippen LogP) is 2.69. The minimum Gasteiger partial charge on any atom is -0.370 e. The van der Waals surface area contributed by atoms with Crippen molar-refractivity contribution in [3.05, 3.63) is 22.8 Å². The summed E-state index contributed by atoms with van der Waals surface area (Å²) >= 11 is 6.28. The summed E-state index contributed by atoms with van der Waals surface area (Å²) in [5.41, 5.74) is 0.959. The van der Waals surface area contributed by atoms with Crippen LogP contribution >= 0.6 is 11.6 Å². The fourth-order valence-corrected chi connectivity index (χ4v) is 2.90. The lowest BCUT2D eigenvalue weighted by Crippen LogP contribution is -2.44. The summed E-state index contributed by atoms with van der Waals surface area (Å²) in [6.45, 7) is 6.08. The SMILES string of the molecule is CCNc1ccc(Cl)c(CN(C)C2CCCN(C)C2)n1. The fourth-order valence-electron chi connectivity index (χ4n) is 2.74. The highest BCUT2D eigenvalue weighted by atomic mass is 35.5. The van der Waals surface area contributed by atoms with E-state index in [9.17, 15) is 0 Å². The van der Waals surface area contributed by atoms with Crippen molar-refractivity contribution in [1.29, 1.82) is 0 Å². The molecule has 1 N–H and O–H groups in total. The third-order valence-corrected chi connectivity index (χ3v) is 4.24. The van der Waals surface area contributed by atoms with Gasteiger partial charge in [-0.2, -0.15) is 0 Å². The van der Waals surface area contributed by atoms with E-state index < -0.39 is 0 Å². The summed E-state index contributed by atoms with van der Waals surface area (Å²) in [4.78, 5) is 9.39. The third kappa shape index (κ3) is 4.08. The second kappa shape index (κ2) is 7.25. The molecule has 2 heterocycles. The van der Waals surface area contributed by atoms with Crippen LogP contribution in [0, 0.1) is 0 Å². The van der Waals surface area contributed by atoms with Crippen molar-refractivity contribution in [2.75, 3.05) is 39.0 Å². The van der Waals surface area contributed by atoms with E-state index in [1.165, 1.54) is 19.4 Å². The highest BCUT2D eigenvalue weighted by Gasteiger charge is 2.22. The number of piperidine rings is 1. The highest BCUT2D eigenvalue weighted by Crippen LogP contribution is 2.21. The number of nitrogens with one attached hydrogen (secondary N) is 1. The molecule has 4 nitrogen and oxygen atoms in total. The van der Waals surface area contributed by atoms with Crippen LogP contribution in [0.15, 0.2) is 12.1 Å². The van der Waals surface area contributed by atoms with Gasteiger partial charge in [0.1, 0.15) is 5.82 Å². The van der Waals surface area contributed by atoms with Gasteiger partial charge in [0.25, 0.3) is 0 Å². The maximum Gasteiger partial charge on any atom is 0.126 e. The van der Waals surface area contributed by atoms with Crippen LogP contribution in [0.2, 0.25) is 5.02 Å². The Labute approximate surface area is 127 Å². The van der Waals surface area contributed by atoms with Gasteiger partial charge in [0.05, 0.1) is 10.7 Å². The Bertz CT molecular complexity index is 438. The van der Waals surface area contributed by atoms with Gasteiger partial charge >= 0.3 is 0 Å². The first kappa shape index (κ1) is 15.5. The molecule has 0 aliphatic carbocycles. The van der Waals surface area contributed by atoms with E-state index >= 15 is 0 Å². The lowest BCUT2D eigenvalue weighted by molar-refractivity contribution is 0.128. The summed E-state index contributed by atoms with van der Waals surface area (Å²) in [7, 11) is 4.36. The van der Waals surface area contributed by atoms with Crippen LogP contribution in [0.3, 0.4) is 0 Å². The van der Waals surface area contributed by atoms with Gasteiger partial charge in [0, 0.05) is 25.7 Å². The summed E-state index contributed by atoms with van der Waals surface area (Å²) in [6.07, 6.45) is 2.52. The van der Waals surface area contributed by atoms with Gasteiger partial charge in [0.2, 0.25) is 0 Å². The summed E-state index contributed by atoms with van der Waals surface area (Å²) < 4.78 is 0. The van der Waals surface area contributed by atoms with Crippen LogP contribution in [0.5, 0.6) is 0 Å². The monoisotopic (exact) mass is 296 g/mol. The molecule has 1 aliphatic rings. The quantitative estimate of drug-likeness (QED) is 0.905. The van der Waals surface area contributed by atoms with Crippen LogP contribution in [-0.2, 0) is 6.54 Å². The zero-order valence-corrected chi connectivity index (χ0v) is 13.5. The second-order valence-electron chi connectivity index (χ2n) is 5.63. The molecule has 20 heavy (non-hydrogen) atoms. The maximum absolute atomic E-state index is 6.28.